The van der Waals surface area contributed by atoms with Crippen LogP contribution in [0.5, 0.6) is 5.75 Å². The molecule has 0 radical (unpaired) electrons. The molecule has 0 saturated heterocycles. The van der Waals surface area contributed by atoms with E-state index in [1.54, 1.807) is 25.1 Å². The quantitative estimate of drug-likeness (QED) is 0.200. The second-order valence-electron chi connectivity index (χ2n) is 6.48. The molecule has 3 rings (SSSR count). The summed E-state index contributed by atoms with van der Waals surface area (Å²) >= 11 is 3.34. The second-order valence-corrected chi connectivity index (χ2v) is 7.39. The van der Waals surface area contributed by atoms with Crippen molar-refractivity contribution in [3.8, 4) is 5.75 Å². The highest BCUT2D eigenvalue weighted by Gasteiger charge is 2.14. The van der Waals surface area contributed by atoms with Crippen molar-refractivity contribution in [3.63, 3.8) is 0 Å². The molecule has 11 heteroatoms. The Morgan fingerprint density at radius 2 is 2.06 bits per heavy atom. The molecule has 1 aromatic heterocycles. The molecule has 0 aliphatic carbocycles. The first-order valence-electron chi connectivity index (χ1n) is 9.66. The van der Waals surface area contributed by atoms with Crippen LogP contribution in [0.4, 0.5) is 5.69 Å². The number of nitro benzene ring substituents is 1. The van der Waals surface area contributed by atoms with E-state index < -0.39 is 10.9 Å². The third-order valence-electron chi connectivity index (χ3n) is 4.36. The van der Waals surface area contributed by atoms with Gasteiger partial charge in [-0.1, -0.05) is 22.9 Å². The van der Waals surface area contributed by atoms with E-state index in [0.29, 0.717) is 23.1 Å². The number of carbonyl (C=O) groups excluding carboxylic acids is 1. The molecule has 10 nitrogen and oxygen atoms in total. The maximum absolute atomic E-state index is 13.0. The van der Waals surface area contributed by atoms with Crippen LogP contribution >= 0.6 is 15.9 Å². The van der Waals surface area contributed by atoms with Gasteiger partial charge in [-0.15, -0.1) is 0 Å². The largest absolute Gasteiger partial charge is 0.481 e. The van der Waals surface area contributed by atoms with Gasteiger partial charge in [0.05, 0.1) is 28.6 Å². The minimum Gasteiger partial charge on any atom is -0.481 e. The zero-order chi connectivity index (χ0) is 23.3. The van der Waals surface area contributed by atoms with Gasteiger partial charge >= 0.3 is 5.97 Å². The fourth-order valence-corrected chi connectivity index (χ4v) is 3.24. The number of non-ortho nitro benzene ring substituents is 1. The van der Waals surface area contributed by atoms with E-state index in [1.807, 2.05) is 6.92 Å². The van der Waals surface area contributed by atoms with Crippen LogP contribution in [-0.4, -0.2) is 40.0 Å². The minimum absolute atomic E-state index is 0.176. The molecule has 0 fully saturated rings. The number of carbonyl (C=O) groups is 1. The van der Waals surface area contributed by atoms with E-state index >= 15 is 0 Å². The lowest BCUT2D eigenvalue weighted by molar-refractivity contribution is -0.384. The van der Waals surface area contributed by atoms with E-state index in [2.05, 4.69) is 26.0 Å². The monoisotopic (exact) mass is 502 g/mol. The van der Waals surface area contributed by atoms with Gasteiger partial charge < -0.3 is 9.47 Å². The van der Waals surface area contributed by atoms with E-state index in [9.17, 15) is 19.7 Å². The summed E-state index contributed by atoms with van der Waals surface area (Å²) in [6, 6.07) is 9.02. The van der Waals surface area contributed by atoms with E-state index in [0.717, 1.165) is 9.15 Å². The van der Waals surface area contributed by atoms with Gasteiger partial charge in [-0.25, -0.2) is 9.78 Å². The van der Waals surface area contributed by atoms with Crippen molar-refractivity contribution in [2.45, 2.75) is 20.3 Å². The Labute approximate surface area is 190 Å². The highest BCUT2D eigenvalue weighted by Crippen LogP contribution is 2.23. The van der Waals surface area contributed by atoms with Crippen molar-refractivity contribution in [2.75, 3.05) is 13.2 Å². The Hall–Kier alpha value is -3.60. The number of aryl methyl sites for hydroxylation is 1. The summed E-state index contributed by atoms with van der Waals surface area (Å²) in [7, 11) is 0. The molecular formula is C21H19BrN4O6. The van der Waals surface area contributed by atoms with Crippen LogP contribution < -0.4 is 10.3 Å². The number of hydrogen-bond donors (Lipinski definition) is 0. The van der Waals surface area contributed by atoms with Crippen LogP contribution in [0.25, 0.3) is 10.9 Å². The second kappa shape index (κ2) is 10.1. The Kier molecular flexibility index (Phi) is 7.31. The minimum atomic E-state index is -0.581. The molecule has 0 saturated carbocycles. The number of fused-ring (bicyclic) bond motifs is 1. The molecule has 0 aliphatic heterocycles. The van der Waals surface area contributed by atoms with Gasteiger partial charge in [-0.05, 0) is 31.2 Å². The molecule has 166 valence electrons. The van der Waals surface area contributed by atoms with Crippen molar-refractivity contribution in [1.29, 1.82) is 0 Å². The normalized spacial score (nSPS) is 11.1. The maximum atomic E-state index is 13.0. The molecular weight excluding hydrogens is 484 g/mol. The lowest BCUT2D eigenvalue weighted by atomic mass is 10.2. The fraction of sp³-hybridized carbons (Fsp3) is 0.238. The average Bonchev–Trinajstić information content (AvgIpc) is 2.77. The summed E-state index contributed by atoms with van der Waals surface area (Å²) in [6.07, 6.45) is 1.69. The molecule has 2 aromatic carbocycles. The van der Waals surface area contributed by atoms with Crippen molar-refractivity contribution >= 4 is 44.7 Å². The number of rotatable bonds is 8. The zero-order valence-corrected chi connectivity index (χ0v) is 18.9. The first kappa shape index (κ1) is 23.1. The van der Waals surface area contributed by atoms with Gasteiger partial charge in [0.25, 0.3) is 11.2 Å². The Morgan fingerprint density at radius 1 is 1.28 bits per heavy atom. The number of nitrogens with zero attached hydrogens (tertiary/aromatic N) is 4. The summed E-state index contributed by atoms with van der Waals surface area (Å²) in [6.45, 7) is 3.32. The van der Waals surface area contributed by atoms with Crippen molar-refractivity contribution in [3.05, 3.63) is 72.7 Å². The lowest BCUT2D eigenvalue weighted by Crippen LogP contribution is -2.22. The summed E-state index contributed by atoms with van der Waals surface area (Å²) in [5.41, 5.74) is 0.171. The highest BCUT2D eigenvalue weighted by molar-refractivity contribution is 9.10. The molecule has 1 heterocycles. The maximum Gasteiger partial charge on any atom is 0.344 e. The third kappa shape index (κ3) is 5.17. The van der Waals surface area contributed by atoms with Crippen LogP contribution in [0.3, 0.4) is 0 Å². The number of esters is 1. The van der Waals surface area contributed by atoms with Gasteiger partial charge in [0.15, 0.2) is 6.61 Å². The zero-order valence-electron chi connectivity index (χ0n) is 17.3. The Balaban J connectivity index is 2.05. The molecule has 0 unspecified atom stereocenters. The smallest absolute Gasteiger partial charge is 0.344 e. The van der Waals surface area contributed by atoms with Crippen LogP contribution in [0.1, 0.15) is 25.2 Å². The van der Waals surface area contributed by atoms with Crippen LogP contribution in [0.2, 0.25) is 0 Å². The number of hydrogen-bond acceptors (Lipinski definition) is 8. The fourth-order valence-electron chi connectivity index (χ4n) is 2.88. The van der Waals surface area contributed by atoms with E-state index in [4.69, 9.17) is 9.47 Å². The van der Waals surface area contributed by atoms with Gasteiger partial charge in [0, 0.05) is 28.6 Å². The Morgan fingerprint density at radius 3 is 2.75 bits per heavy atom. The van der Waals surface area contributed by atoms with E-state index in [-0.39, 0.29) is 35.8 Å². The highest BCUT2D eigenvalue weighted by atomic mass is 79.9. The first-order valence-corrected chi connectivity index (χ1v) is 10.5. The Bertz CT molecular complexity index is 1270. The van der Waals surface area contributed by atoms with Crippen LogP contribution in [-0.2, 0) is 16.0 Å². The molecule has 32 heavy (non-hydrogen) atoms. The van der Waals surface area contributed by atoms with Gasteiger partial charge in [-0.2, -0.15) is 9.78 Å². The van der Waals surface area contributed by atoms with Gasteiger partial charge in [-0.3, -0.25) is 14.9 Å². The SMILES string of the molecule is CCOC(=O)COc1ccc([N+](=O)[O-])cc1C=Nn1c(CC)nc2ccc(Br)cc2c1=O. The third-order valence-corrected chi connectivity index (χ3v) is 4.85. The number of nitro groups is 1. The summed E-state index contributed by atoms with van der Waals surface area (Å²) in [5, 5.41) is 15.8. The first-order chi connectivity index (χ1) is 15.3. The molecule has 0 spiro atoms. The van der Waals surface area contributed by atoms with Gasteiger partial charge in [0.1, 0.15) is 11.6 Å². The van der Waals surface area contributed by atoms with E-state index in [1.165, 1.54) is 24.4 Å². The number of halogens is 1. The molecule has 0 atom stereocenters. The predicted octanol–water partition coefficient (Wildman–Crippen LogP) is 3.45. The van der Waals surface area contributed by atoms with Crippen molar-refractivity contribution in [2.24, 2.45) is 5.10 Å². The molecule has 0 aliphatic rings. The number of benzene rings is 2. The average molecular weight is 503 g/mol. The number of aromatic nitrogens is 2. The van der Waals surface area contributed by atoms with Crippen LogP contribution in [0, 0.1) is 10.1 Å². The topological polar surface area (TPSA) is 126 Å². The van der Waals surface area contributed by atoms with Crippen molar-refractivity contribution < 1.29 is 19.2 Å². The van der Waals surface area contributed by atoms with Gasteiger partial charge in [0.2, 0.25) is 0 Å². The van der Waals surface area contributed by atoms with Crippen molar-refractivity contribution in [1.82, 2.24) is 9.66 Å². The predicted molar refractivity (Wildman–Crippen MR) is 121 cm³/mol. The van der Waals surface area contributed by atoms with Crippen LogP contribution in [0.15, 0.2) is 50.8 Å². The summed E-state index contributed by atoms with van der Waals surface area (Å²) in [5.74, 6) is 0.0121. The lowest BCUT2D eigenvalue weighted by Gasteiger charge is -2.10. The molecule has 3 aromatic rings. The standard InChI is InChI=1S/C21H19BrN4O6/c1-3-19-24-17-7-5-14(22)10-16(17)21(28)25(19)23-11-13-9-15(26(29)30)6-8-18(13)32-12-20(27)31-4-2/h5-11H,3-4,12H2,1-2H3. The summed E-state index contributed by atoms with van der Waals surface area (Å²) in [4.78, 5) is 39.8. The molecule has 0 N–H and O–H groups in total. The molecule has 0 amide bonds. The summed E-state index contributed by atoms with van der Waals surface area (Å²) < 4.78 is 12.1. The molecule has 0 bridgehead atoms. The number of ether oxygens (including phenoxy) is 2.